The van der Waals surface area contributed by atoms with E-state index in [0.29, 0.717) is 34.7 Å². The highest BCUT2D eigenvalue weighted by Gasteiger charge is 2.45. The highest BCUT2D eigenvalue weighted by Crippen LogP contribution is 2.50. The molecule has 0 amide bonds. The van der Waals surface area contributed by atoms with Crippen molar-refractivity contribution in [3.63, 3.8) is 0 Å². The third-order valence-electron chi connectivity index (χ3n) is 7.02. The number of anilines is 2. The number of fused-ring (bicyclic) bond motifs is 3. The molecule has 2 fully saturated rings. The molecule has 0 unspecified atom stereocenters. The van der Waals surface area contributed by atoms with Crippen molar-refractivity contribution >= 4 is 28.8 Å². The second kappa shape index (κ2) is 6.93. The highest BCUT2D eigenvalue weighted by molar-refractivity contribution is 6.29. The first-order chi connectivity index (χ1) is 15.0. The number of nitrogens with two attached hydrogens (primary N) is 1. The minimum absolute atomic E-state index is 0.375. The summed E-state index contributed by atoms with van der Waals surface area (Å²) in [5, 5.41) is 14.3. The van der Waals surface area contributed by atoms with Crippen LogP contribution in [0.2, 0.25) is 5.15 Å². The van der Waals surface area contributed by atoms with Crippen molar-refractivity contribution in [1.82, 2.24) is 24.8 Å². The van der Waals surface area contributed by atoms with Crippen LogP contribution in [0.3, 0.4) is 0 Å². The Morgan fingerprint density at radius 1 is 1.19 bits per heavy atom. The number of halogens is 1. The molecule has 3 aromatic rings. The molecule has 2 N–H and O–H groups in total. The van der Waals surface area contributed by atoms with Gasteiger partial charge in [0, 0.05) is 37.9 Å². The van der Waals surface area contributed by atoms with Crippen molar-refractivity contribution in [3.05, 3.63) is 23.5 Å². The van der Waals surface area contributed by atoms with E-state index in [9.17, 15) is 0 Å². The predicted molar refractivity (Wildman–Crippen MR) is 119 cm³/mol. The average molecular weight is 441 g/mol. The van der Waals surface area contributed by atoms with Crippen LogP contribution < -0.4 is 20.3 Å². The number of aromatic nitrogens is 5. The normalized spacial score (nSPS) is 20.6. The van der Waals surface area contributed by atoms with Crippen LogP contribution in [0.4, 0.5) is 11.5 Å². The Labute approximate surface area is 185 Å². The van der Waals surface area contributed by atoms with Gasteiger partial charge in [0.05, 0.1) is 6.54 Å². The molecule has 6 rings (SSSR count). The molecule has 1 saturated carbocycles. The van der Waals surface area contributed by atoms with Crippen LogP contribution in [0.25, 0.3) is 17.0 Å². The highest BCUT2D eigenvalue weighted by atomic mass is 35.5. The number of ether oxygens (including phenoxy) is 1. The average Bonchev–Trinajstić information content (AvgIpc) is 3.17. The molecule has 0 atom stereocenters. The van der Waals surface area contributed by atoms with Gasteiger partial charge in [-0.1, -0.05) is 11.6 Å². The predicted octanol–water partition coefficient (Wildman–Crippen LogP) is 2.38. The molecule has 31 heavy (non-hydrogen) atoms. The number of likely N-dealkylation sites (N-methyl/N-ethyl adjacent to an activating group) is 1. The first-order valence-corrected chi connectivity index (χ1v) is 11.2. The topological polar surface area (TPSA) is 97.7 Å². The lowest BCUT2D eigenvalue weighted by molar-refractivity contribution is 0.0711. The smallest absolute Gasteiger partial charge is 0.222 e. The van der Waals surface area contributed by atoms with E-state index < -0.39 is 0 Å². The minimum atomic E-state index is 0.375. The fourth-order valence-corrected chi connectivity index (χ4v) is 5.50. The molecule has 5 heterocycles. The van der Waals surface area contributed by atoms with E-state index in [1.54, 1.807) is 16.8 Å². The van der Waals surface area contributed by atoms with Crippen molar-refractivity contribution in [1.29, 1.82) is 0 Å². The number of nitrogens with zero attached hydrogens (tertiary/aromatic N) is 7. The molecule has 3 aromatic heterocycles. The van der Waals surface area contributed by atoms with Gasteiger partial charge in [0.25, 0.3) is 0 Å². The Kier molecular flexibility index (Phi) is 4.26. The molecule has 1 spiro atoms. The molecule has 0 radical (unpaired) electrons. The maximum absolute atomic E-state index is 6.12. The second-order valence-corrected chi connectivity index (χ2v) is 9.44. The molecule has 0 bridgehead atoms. The lowest BCUT2D eigenvalue weighted by Gasteiger charge is -2.51. The van der Waals surface area contributed by atoms with Gasteiger partial charge in [-0.25, -0.2) is 4.98 Å². The zero-order valence-electron chi connectivity index (χ0n) is 17.5. The molecule has 3 aliphatic rings. The fraction of sp³-hybridized carbons (Fsp3) is 0.524. The maximum atomic E-state index is 6.12. The summed E-state index contributed by atoms with van der Waals surface area (Å²) in [6.07, 6.45) is 6.25. The Bertz CT molecular complexity index is 1150. The number of hydrogen-bond acceptors (Lipinski definition) is 8. The van der Waals surface area contributed by atoms with Gasteiger partial charge >= 0.3 is 0 Å². The van der Waals surface area contributed by atoms with Crippen LogP contribution in [0.5, 0.6) is 5.75 Å². The van der Waals surface area contributed by atoms with E-state index in [1.165, 1.54) is 0 Å². The van der Waals surface area contributed by atoms with Gasteiger partial charge in [0.1, 0.15) is 17.4 Å². The van der Waals surface area contributed by atoms with Gasteiger partial charge in [0.15, 0.2) is 17.4 Å². The summed E-state index contributed by atoms with van der Waals surface area (Å²) in [7, 11) is 2.08. The lowest BCUT2D eigenvalue weighted by Crippen LogP contribution is -2.52. The van der Waals surface area contributed by atoms with E-state index in [-0.39, 0.29) is 0 Å². The Hall–Kier alpha value is -2.65. The molecule has 0 aromatic carbocycles. The summed E-state index contributed by atoms with van der Waals surface area (Å²) in [6, 6.07) is 4.01. The Balaban J connectivity index is 1.46. The number of pyridine rings is 1. The van der Waals surface area contributed by atoms with Crippen LogP contribution in [0.1, 0.15) is 25.7 Å². The van der Waals surface area contributed by atoms with Gasteiger partial charge in [-0.15, -0.1) is 15.3 Å². The number of hydrogen-bond donors (Lipinski definition) is 1. The van der Waals surface area contributed by atoms with E-state index in [2.05, 4.69) is 32.0 Å². The molecule has 9 nitrogen and oxygen atoms in total. The summed E-state index contributed by atoms with van der Waals surface area (Å²) in [4.78, 5) is 8.66. The van der Waals surface area contributed by atoms with Gasteiger partial charge in [-0.05, 0) is 43.2 Å². The Morgan fingerprint density at radius 2 is 2.00 bits per heavy atom. The molecule has 162 valence electrons. The van der Waals surface area contributed by atoms with Crippen LogP contribution in [-0.4, -0.2) is 64.1 Å². The molecular weight excluding hydrogens is 416 g/mol. The summed E-state index contributed by atoms with van der Waals surface area (Å²) in [5.41, 5.74) is 8.95. The van der Waals surface area contributed by atoms with Crippen LogP contribution in [0.15, 0.2) is 18.3 Å². The maximum Gasteiger partial charge on any atom is 0.222 e. The van der Waals surface area contributed by atoms with E-state index in [0.717, 1.165) is 68.1 Å². The number of rotatable bonds is 2. The van der Waals surface area contributed by atoms with Crippen LogP contribution in [0, 0.1) is 5.41 Å². The van der Waals surface area contributed by atoms with Crippen molar-refractivity contribution in [2.45, 2.75) is 31.7 Å². The fourth-order valence-electron chi connectivity index (χ4n) is 5.33. The van der Waals surface area contributed by atoms with Crippen molar-refractivity contribution in [3.8, 4) is 17.1 Å². The zero-order chi connectivity index (χ0) is 21.2. The van der Waals surface area contributed by atoms with Gasteiger partial charge in [-0.3, -0.25) is 0 Å². The molecule has 1 aliphatic carbocycles. The molecule has 2 aliphatic heterocycles. The van der Waals surface area contributed by atoms with E-state index in [4.69, 9.17) is 27.2 Å². The van der Waals surface area contributed by atoms with E-state index >= 15 is 0 Å². The molecular formula is C21H25ClN8O. The SMILES string of the molecule is CN1CCOc2c1c(N1CCC3(CC1)CC(N)C3)nn1c(-c3ccnc(Cl)c3)nnc21. The summed E-state index contributed by atoms with van der Waals surface area (Å²) >= 11 is 6.12. The van der Waals surface area contributed by atoms with Crippen LogP contribution in [-0.2, 0) is 0 Å². The third-order valence-corrected chi connectivity index (χ3v) is 7.23. The molecule has 1 saturated heterocycles. The summed E-state index contributed by atoms with van der Waals surface area (Å²) in [5.74, 6) is 2.28. The van der Waals surface area contributed by atoms with Crippen molar-refractivity contribution in [2.24, 2.45) is 11.1 Å². The minimum Gasteiger partial charge on any atom is -0.486 e. The number of piperidine rings is 1. The van der Waals surface area contributed by atoms with E-state index in [1.807, 2.05) is 6.07 Å². The van der Waals surface area contributed by atoms with Crippen LogP contribution >= 0.6 is 11.6 Å². The quantitative estimate of drug-likeness (QED) is 0.606. The lowest BCUT2D eigenvalue weighted by atomic mass is 9.61. The summed E-state index contributed by atoms with van der Waals surface area (Å²) in [6.45, 7) is 3.34. The first kappa shape index (κ1) is 19.1. The monoisotopic (exact) mass is 440 g/mol. The standard InChI is InChI=1S/C21H25ClN8O/c1-28-8-9-31-17-16(28)19(29-6-3-21(4-7-29)11-14(23)12-21)27-30-18(25-26-20(17)30)13-2-5-24-15(22)10-13/h2,5,10,14H,3-4,6-9,11-12,23H2,1H3. The van der Waals surface area contributed by atoms with Gasteiger partial charge < -0.3 is 20.3 Å². The van der Waals surface area contributed by atoms with Crippen molar-refractivity contribution < 1.29 is 4.74 Å². The Morgan fingerprint density at radius 3 is 2.74 bits per heavy atom. The summed E-state index contributed by atoms with van der Waals surface area (Å²) < 4.78 is 7.89. The van der Waals surface area contributed by atoms with Crippen molar-refractivity contribution in [2.75, 3.05) is 43.1 Å². The van der Waals surface area contributed by atoms with Gasteiger partial charge in [-0.2, -0.15) is 4.52 Å². The van der Waals surface area contributed by atoms with Gasteiger partial charge in [0.2, 0.25) is 5.65 Å². The molecule has 10 heteroatoms. The third kappa shape index (κ3) is 3.02. The second-order valence-electron chi connectivity index (χ2n) is 9.05. The zero-order valence-corrected chi connectivity index (χ0v) is 18.2. The largest absolute Gasteiger partial charge is 0.486 e. The first-order valence-electron chi connectivity index (χ1n) is 10.8.